The van der Waals surface area contributed by atoms with E-state index in [1.54, 1.807) is 32.1 Å². The quantitative estimate of drug-likeness (QED) is 0.686. The van der Waals surface area contributed by atoms with Crippen LogP contribution < -0.4 is 0 Å². The lowest BCUT2D eigenvalue weighted by Gasteiger charge is -2.59. The molecule has 5 rings (SSSR count). The first-order chi connectivity index (χ1) is 8.13. The van der Waals surface area contributed by atoms with E-state index in [1.165, 1.54) is 5.75 Å². The second kappa shape index (κ2) is 3.79. The molecule has 0 N–H and O–H groups in total. The maximum absolute atomic E-state index is 2.48. The molecule has 17 heavy (non-hydrogen) atoms. The van der Waals surface area contributed by atoms with Crippen molar-refractivity contribution in [2.24, 2.45) is 23.7 Å². The van der Waals surface area contributed by atoms with Gasteiger partial charge in [-0.25, -0.2) is 0 Å². The molecule has 4 bridgehead atoms. The highest BCUT2D eigenvalue weighted by Crippen LogP contribution is 2.73. The van der Waals surface area contributed by atoms with Gasteiger partial charge in [0, 0.05) is 5.75 Å². The fraction of sp³-hybridized carbons (Fsp3) is 1.00. The molecule has 5 aliphatic rings. The van der Waals surface area contributed by atoms with Crippen molar-refractivity contribution in [3.63, 3.8) is 0 Å². The van der Waals surface area contributed by atoms with Crippen molar-refractivity contribution in [3.8, 4) is 0 Å². The average Bonchev–Trinajstić information content (AvgIpc) is 2.66. The van der Waals surface area contributed by atoms with Crippen LogP contribution in [0.4, 0.5) is 0 Å². The van der Waals surface area contributed by atoms with E-state index in [1.807, 2.05) is 0 Å². The lowest BCUT2D eigenvalue weighted by Crippen LogP contribution is -2.53. The monoisotopic (exact) mass is 286 g/mol. The van der Waals surface area contributed by atoms with Gasteiger partial charge < -0.3 is 0 Å². The second-order valence-corrected chi connectivity index (χ2v) is 11.6. The summed E-state index contributed by atoms with van der Waals surface area (Å²) in [7, 11) is 0. The van der Waals surface area contributed by atoms with Gasteiger partial charge in [-0.05, 0) is 69.0 Å². The molecule has 1 spiro atoms. The van der Waals surface area contributed by atoms with Crippen LogP contribution in [0, 0.1) is 23.7 Å². The first-order valence-corrected chi connectivity index (χ1v) is 10.1. The number of hydrogen-bond donors (Lipinski definition) is 0. The van der Waals surface area contributed by atoms with Gasteiger partial charge in [0.15, 0.2) is 0 Å². The molecule has 0 radical (unpaired) electrons. The normalized spacial score (nSPS) is 60.4. The number of rotatable bonds is 1. The molecule has 4 saturated carbocycles. The Balaban J connectivity index is 1.66. The first kappa shape index (κ1) is 11.8. The second-order valence-electron chi connectivity index (χ2n) is 6.75. The Morgan fingerprint density at radius 3 is 2.06 bits per heavy atom. The zero-order valence-corrected chi connectivity index (χ0v) is 13.2. The highest BCUT2D eigenvalue weighted by Gasteiger charge is 2.62. The molecule has 0 nitrogen and oxygen atoms in total. The van der Waals surface area contributed by atoms with E-state index in [-0.39, 0.29) is 0 Å². The molecular formula is C14H22S3. The molecule has 0 aromatic heterocycles. The molecule has 1 aliphatic heterocycles. The van der Waals surface area contributed by atoms with Crippen molar-refractivity contribution in [2.45, 2.75) is 47.2 Å². The Bertz CT molecular complexity index is 312. The van der Waals surface area contributed by atoms with Gasteiger partial charge in [-0.2, -0.15) is 0 Å². The molecule has 96 valence electrons. The summed E-state index contributed by atoms with van der Waals surface area (Å²) in [6.07, 6.45) is 10.2. The fourth-order valence-electron chi connectivity index (χ4n) is 4.98. The van der Waals surface area contributed by atoms with Crippen LogP contribution >= 0.6 is 35.3 Å². The van der Waals surface area contributed by atoms with Gasteiger partial charge in [-0.1, -0.05) is 0 Å². The van der Waals surface area contributed by atoms with Gasteiger partial charge in [0.25, 0.3) is 0 Å². The van der Waals surface area contributed by atoms with Crippen LogP contribution in [0.3, 0.4) is 0 Å². The van der Waals surface area contributed by atoms with Crippen LogP contribution in [-0.2, 0) is 0 Å². The van der Waals surface area contributed by atoms with Crippen molar-refractivity contribution in [1.82, 2.24) is 0 Å². The summed E-state index contributed by atoms with van der Waals surface area (Å²) >= 11 is 6.83. The van der Waals surface area contributed by atoms with E-state index in [9.17, 15) is 0 Å². The molecule has 3 heteroatoms. The van der Waals surface area contributed by atoms with Crippen molar-refractivity contribution >= 4 is 35.3 Å². The van der Waals surface area contributed by atoms with Crippen LogP contribution in [-0.4, -0.2) is 20.2 Å². The minimum Gasteiger partial charge on any atom is -0.147 e. The minimum absolute atomic E-state index is 0.500. The fourth-order valence-corrected chi connectivity index (χ4v) is 10.7. The van der Waals surface area contributed by atoms with E-state index in [0.29, 0.717) is 8.16 Å². The van der Waals surface area contributed by atoms with Gasteiger partial charge in [-0.15, -0.1) is 35.3 Å². The Labute approximate surface area is 118 Å². The van der Waals surface area contributed by atoms with E-state index >= 15 is 0 Å². The zero-order chi connectivity index (χ0) is 11.7. The van der Waals surface area contributed by atoms with Gasteiger partial charge in [-0.3, -0.25) is 0 Å². The third kappa shape index (κ3) is 1.61. The predicted molar refractivity (Wildman–Crippen MR) is 81.7 cm³/mol. The Hall–Kier alpha value is 1.05. The Morgan fingerprint density at radius 2 is 1.59 bits per heavy atom. The van der Waals surface area contributed by atoms with Gasteiger partial charge >= 0.3 is 0 Å². The summed E-state index contributed by atoms with van der Waals surface area (Å²) < 4.78 is 1.14. The van der Waals surface area contributed by atoms with Crippen LogP contribution in [0.5, 0.6) is 0 Å². The molecule has 1 unspecified atom stereocenters. The van der Waals surface area contributed by atoms with Crippen molar-refractivity contribution in [3.05, 3.63) is 0 Å². The molecule has 0 aromatic rings. The van der Waals surface area contributed by atoms with Gasteiger partial charge in [0.05, 0.1) is 8.16 Å². The Morgan fingerprint density at radius 1 is 1.00 bits per heavy atom. The maximum Gasteiger partial charge on any atom is 0.0684 e. The van der Waals surface area contributed by atoms with E-state index in [4.69, 9.17) is 0 Å². The SMILES string of the molecule is CSC1(C)CSC2(S1)C1CC3CC(C1)CC2C3. The smallest absolute Gasteiger partial charge is 0.0684 e. The molecule has 0 aromatic carbocycles. The molecule has 4 aliphatic carbocycles. The molecule has 1 saturated heterocycles. The van der Waals surface area contributed by atoms with E-state index in [2.05, 4.69) is 48.5 Å². The van der Waals surface area contributed by atoms with Crippen LogP contribution in [0.1, 0.15) is 39.0 Å². The molecule has 1 heterocycles. The summed E-state index contributed by atoms with van der Waals surface area (Å²) in [5.74, 6) is 5.72. The average molecular weight is 287 g/mol. The zero-order valence-electron chi connectivity index (χ0n) is 10.8. The van der Waals surface area contributed by atoms with E-state index < -0.39 is 0 Å². The van der Waals surface area contributed by atoms with Crippen LogP contribution in [0.2, 0.25) is 0 Å². The highest BCUT2D eigenvalue weighted by molar-refractivity contribution is 8.29. The number of thioether (sulfide) groups is 3. The van der Waals surface area contributed by atoms with Crippen LogP contribution in [0.25, 0.3) is 0 Å². The van der Waals surface area contributed by atoms with E-state index in [0.717, 1.165) is 23.7 Å². The first-order valence-electron chi connectivity index (χ1n) is 7.03. The van der Waals surface area contributed by atoms with Crippen molar-refractivity contribution in [1.29, 1.82) is 0 Å². The molecule has 5 fully saturated rings. The topological polar surface area (TPSA) is 0 Å². The molecular weight excluding hydrogens is 264 g/mol. The van der Waals surface area contributed by atoms with Crippen molar-refractivity contribution < 1.29 is 0 Å². The standard InChI is InChI=1S/C14H22S3/c1-13(15-2)8-16-14(17-13)11-4-9-3-10(6-11)7-12(14)5-9/h9-12H,3-8H2,1-2H3. The largest absolute Gasteiger partial charge is 0.147 e. The molecule has 0 amide bonds. The lowest BCUT2D eigenvalue weighted by molar-refractivity contribution is 0.0159. The third-order valence-corrected chi connectivity index (χ3v) is 11.8. The van der Waals surface area contributed by atoms with Crippen molar-refractivity contribution in [2.75, 3.05) is 12.0 Å². The number of hydrogen-bond acceptors (Lipinski definition) is 3. The predicted octanol–water partition coefficient (Wildman–Crippen LogP) is 4.70. The third-order valence-electron chi connectivity index (χ3n) is 5.64. The maximum atomic E-state index is 2.48. The lowest BCUT2D eigenvalue weighted by atomic mass is 9.56. The highest BCUT2D eigenvalue weighted by atomic mass is 32.2. The van der Waals surface area contributed by atoms with Gasteiger partial charge in [0.1, 0.15) is 0 Å². The Kier molecular flexibility index (Phi) is 2.64. The summed E-state index contributed by atoms with van der Waals surface area (Å²) in [4.78, 5) is 0. The summed E-state index contributed by atoms with van der Waals surface area (Å²) in [6, 6.07) is 0. The summed E-state index contributed by atoms with van der Waals surface area (Å²) in [5.41, 5.74) is 0. The molecule has 1 atom stereocenters. The van der Waals surface area contributed by atoms with Crippen LogP contribution in [0.15, 0.2) is 0 Å². The summed E-state index contributed by atoms with van der Waals surface area (Å²) in [6.45, 7) is 2.48. The minimum atomic E-state index is 0.500. The van der Waals surface area contributed by atoms with Gasteiger partial charge in [0.2, 0.25) is 0 Å². The summed E-state index contributed by atoms with van der Waals surface area (Å²) in [5, 5.41) is 0.